The first-order chi connectivity index (χ1) is 13.4. The molecule has 0 bridgehead atoms. The molecule has 28 heavy (non-hydrogen) atoms. The number of aryl methyl sites for hydroxylation is 1. The first-order valence-corrected chi connectivity index (χ1v) is 9.05. The SMILES string of the molecule is Cc1ccc(O)c(-c2cc(-c3ccc(Cl)c(F)c3)cc(NCC(O)CO)n2)c1. The number of benzene rings is 2. The van der Waals surface area contributed by atoms with Crippen molar-refractivity contribution < 1.29 is 19.7 Å². The fourth-order valence-corrected chi connectivity index (χ4v) is 2.86. The summed E-state index contributed by atoms with van der Waals surface area (Å²) in [7, 11) is 0. The van der Waals surface area contributed by atoms with Crippen molar-refractivity contribution in [1.29, 1.82) is 0 Å². The number of anilines is 1. The average Bonchev–Trinajstić information content (AvgIpc) is 2.69. The molecule has 4 N–H and O–H groups in total. The minimum Gasteiger partial charge on any atom is -0.507 e. The van der Waals surface area contributed by atoms with Crippen LogP contribution in [0.3, 0.4) is 0 Å². The number of phenols is 1. The van der Waals surface area contributed by atoms with E-state index in [0.717, 1.165) is 5.56 Å². The number of hydrogen-bond acceptors (Lipinski definition) is 5. The molecular weight excluding hydrogens is 383 g/mol. The summed E-state index contributed by atoms with van der Waals surface area (Å²) < 4.78 is 13.9. The molecule has 0 saturated heterocycles. The van der Waals surface area contributed by atoms with Crippen molar-refractivity contribution in [2.45, 2.75) is 13.0 Å². The molecule has 0 fully saturated rings. The van der Waals surface area contributed by atoms with Crippen LogP contribution in [0.5, 0.6) is 5.75 Å². The highest BCUT2D eigenvalue weighted by atomic mass is 35.5. The van der Waals surface area contributed by atoms with Gasteiger partial charge >= 0.3 is 0 Å². The van der Waals surface area contributed by atoms with Gasteiger partial charge in [0.25, 0.3) is 0 Å². The van der Waals surface area contributed by atoms with Crippen molar-refractivity contribution in [3.8, 4) is 28.1 Å². The van der Waals surface area contributed by atoms with Gasteiger partial charge in [-0.05, 0) is 54.4 Å². The zero-order valence-electron chi connectivity index (χ0n) is 15.2. The fourth-order valence-electron chi connectivity index (χ4n) is 2.74. The van der Waals surface area contributed by atoms with Gasteiger partial charge in [-0.1, -0.05) is 29.3 Å². The summed E-state index contributed by atoms with van der Waals surface area (Å²) in [5, 5.41) is 31.8. The van der Waals surface area contributed by atoms with Crippen molar-refractivity contribution in [3.63, 3.8) is 0 Å². The number of hydrogen-bond donors (Lipinski definition) is 4. The maximum absolute atomic E-state index is 13.9. The van der Waals surface area contributed by atoms with Crippen LogP contribution in [0.25, 0.3) is 22.4 Å². The molecular formula is C21H20ClFN2O3. The lowest BCUT2D eigenvalue weighted by Gasteiger charge is -2.14. The Morgan fingerprint density at radius 3 is 2.61 bits per heavy atom. The maximum atomic E-state index is 13.9. The number of rotatable bonds is 6. The lowest BCUT2D eigenvalue weighted by Crippen LogP contribution is -2.23. The van der Waals surface area contributed by atoms with E-state index in [4.69, 9.17) is 16.7 Å². The summed E-state index contributed by atoms with van der Waals surface area (Å²) in [6, 6.07) is 13.1. The Hall–Kier alpha value is -2.67. The van der Waals surface area contributed by atoms with Crippen LogP contribution in [0, 0.1) is 12.7 Å². The highest BCUT2D eigenvalue weighted by molar-refractivity contribution is 6.30. The Morgan fingerprint density at radius 1 is 1.11 bits per heavy atom. The van der Waals surface area contributed by atoms with Crippen LogP contribution in [-0.4, -0.2) is 39.6 Å². The standard InChI is InChI=1S/C21H20ClFN2O3/c1-12-2-5-20(28)16(6-12)19-8-14(13-3-4-17(22)18(23)7-13)9-21(25-19)24-10-15(27)11-26/h2-9,15,26-28H,10-11H2,1H3,(H,24,25). The normalized spacial score (nSPS) is 12.0. The van der Waals surface area contributed by atoms with E-state index in [-0.39, 0.29) is 23.9 Å². The van der Waals surface area contributed by atoms with Gasteiger partial charge in [0.1, 0.15) is 17.4 Å². The third kappa shape index (κ3) is 4.59. The molecule has 1 unspecified atom stereocenters. The molecule has 146 valence electrons. The molecule has 3 rings (SSSR count). The fraction of sp³-hybridized carbons (Fsp3) is 0.190. The number of nitrogens with zero attached hydrogens (tertiary/aromatic N) is 1. The van der Waals surface area contributed by atoms with Crippen LogP contribution < -0.4 is 5.32 Å². The molecule has 7 heteroatoms. The molecule has 0 saturated carbocycles. The molecule has 1 atom stereocenters. The predicted octanol–water partition coefficient (Wildman–Crippen LogP) is 3.99. The topological polar surface area (TPSA) is 85.6 Å². The second-order valence-corrected chi connectivity index (χ2v) is 6.90. The van der Waals surface area contributed by atoms with Crippen molar-refractivity contribution in [1.82, 2.24) is 4.98 Å². The highest BCUT2D eigenvalue weighted by Crippen LogP contribution is 2.34. The first kappa shape index (κ1) is 20.1. The van der Waals surface area contributed by atoms with Gasteiger partial charge in [-0.25, -0.2) is 9.37 Å². The smallest absolute Gasteiger partial charge is 0.142 e. The zero-order valence-corrected chi connectivity index (χ0v) is 15.9. The van der Waals surface area contributed by atoms with Crippen LogP contribution >= 0.6 is 11.6 Å². The lowest BCUT2D eigenvalue weighted by atomic mass is 10.0. The molecule has 0 aliphatic heterocycles. The van der Waals surface area contributed by atoms with Crippen LogP contribution in [0.1, 0.15) is 5.56 Å². The second-order valence-electron chi connectivity index (χ2n) is 6.49. The zero-order chi connectivity index (χ0) is 20.3. The Bertz CT molecular complexity index is 997. The van der Waals surface area contributed by atoms with Crippen LogP contribution in [0.2, 0.25) is 5.02 Å². The van der Waals surface area contributed by atoms with Crippen molar-refractivity contribution in [2.24, 2.45) is 0 Å². The van der Waals surface area contributed by atoms with E-state index in [0.29, 0.717) is 28.2 Å². The third-order valence-electron chi connectivity index (χ3n) is 4.24. The molecule has 3 aromatic rings. The number of aliphatic hydroxyl groups is 2. The van der Waals surface area contributed by atoms with Crippen LogP contribution in [-0.2, 0) is 0 Å². The Labute approximate surface area is 167 Å². The molecule has 0 aliphatic carbocycles. The number of nitrogens with one attached hydrogen (secondary N) is 1. The Morgan fingerprint density at radius 2 is 1.89 bits per heavy atom. The van der Waals surface area contributed by atoms with E-state index >= 15 is 0 Å². The number of aliphatic hydroxyl groups excluding tert-OH is 2. The number of phenolic OH excluding ortho intramolecular Hbond substituents is 1. The number of halogens is 2. The Kier molecular flexibility index (Phi) is 6.14. The van der Waals surface area contributed by atoms with Gasteiger partial charge in [0.15, 0.2) is 0 Å². The van der Waals surface area contributed by atoms with E-state index < -0.39 is 11.9 Å². The van der Waals surface area contributed by atoms with Gasteiger partial charge in [-0.3, -0.25) is 0 Å². The predicted molar refractivity (Wildman–Crippen MR) is 108 cm³/mol. The summed E-state index contributed by atoms with van der Waals surface area (Å²) >= 11 is 5.78. The van der Waals surface area contributed by atoms with E-state index in [9.17, 15) is 14.6 Å². The molecule has 0 radical (unpaired) electrons. The number of aromatic hydroxyl groups is 1. The quantitative estimate of drug-likeness (QED) is 0.501. The number of aromatic nitrogens is 1. The highest BCUT2D eigenvalue weighted by Gasteiger charge is 2.13. The van der Waals surface area contributed by atoms with Crippen molar-refractivity contribution >= 4 is 17.4 Å². The van der Waals surface area contributed by atoms with Gasteiger partial charge in [0.05, 0.1) is 23.4 Å². The van der Waals surface area contributed by atoms with Gasteiger partial charge < -0.3 is 20.6 Å². The van der Waals surface area contributed by atoms with Crippen LogP contribution in [0.4, 0.5) is 10.2 Å². The molecule has 1 heterocycles. The van der Waals surface area contributed by atoms with Crippen LogP contribution in [0.15, 0.2) is 48.5 Å². The van der Waals surface area contributed by atoms with Gasteiger partial charge in [0, 0.05) is 12.1 Å². The molecule has 2 aromatic carbocycles. The van der Waals surface area contributed by atoms with E-state index in [2.05, 4.69) is 10.3 Å². The third-order valence-corrected chi connectivity index (χ3v) is 4.54. The van der Waals surface area contributed by atoms with Gasteiger partial charge in [0.2, 0.25) is 0 Å². The molecule has 1 aromatic heterocycles. The minimum atomic E-state index is -0.950. The van der Waals surface area contributed by atoms with Crippen molar-refractivity contribution in [3.05, 3.63) is 64.9 Å². The van der Waals surface area contributed by atoms with Crippen molar-refractivity contribution in [2.75, 3.05) is 18.5 Å². The summed E-state index contributed by atoms with van der Waals surface area (Å²) in [6.45, 7) is 1.60. The summed E-state index contributed by atoms with van der Waals surface area (Å²) in [5.74, 6) is -0.0590. The molecule has 0 aliphatic rings. The minimum absolute atomic E-state index is 0.0266. The molecule has 5 nitrogen and oxygen atoms in total. The first-order valence-electron chi connectivity index (χ1n) is 8.67. The molecule has 0 amide bonds. The summed E-state index contributed by atoms with van der Waals surface area (Å²) in [4.78, 5) is 4.49. The van der Waals surface area contributed by atoms with E-state index in [1.807, 2.05) is 6.92 Å². The Balaban J connectivity index is 2.10. The summed E-state index contributed by atoms with van der Waals surface area (Å²) in [6.07, 6.45) is -0.950. The van der Waals surface area contributed by atoms with Gasteiger partial charge in [-0.15, -0.1) is 0 Å². The largest absolute Gasteiger partial charge is 0.507 e. The van der Waals surface area contributed by atoms with E-state index in [1.54, 1.807) is 36.4 Å². The summed E-state index contributed by atoms with van der Waals surface area (Å²) in [5.41, 5.74) is 3.20. The van der Waals surface area contributed by atoms with E-state index in [1.165, 1.54) is 12.1 Å². The maximum Gasteiger partial charge on any atom is 0.142 e. The average molecular weight is 403 g/mol. The second kappa shape index (κ2) is 8.56. The molecule has 0 spiro atoms. The number of pyridine rings is 1. The monoisotopic (exact) mass is 402 g/mol. The van der Waals surface area contributed by atoms with Gasteiger partial charge in [-0.2, -0.15) is 0 Å². The lowest BCUT2D eigenvalue weighted by molar-refractivity contribution is 0.105.